The molecule has 216 valence electrons. The van der Waals surface area contributed by atoms with Gasteiger partial charge in [0.1, 0.15) is 6.04 Å². The molecule has 0 saturated carbocycles. The van der Waals surface area contributed by atoms with Gasteiger partial charge in [-0.3, -0.25) is 14.4 Å². The summed E-state index contributed by atoms with van der Waals surface area (Å²) in [6.45, 7) is 9.93. The molecule has 0 radical (unpaired) electrons. The van der Waals surface area contributed by atoms with E-state index in [1.54, 1.807) is 69.9 Å². The minimum Gasteiger partial charge on any atom is -0.394 e. The van der Waals surface area contributed by atoms with Gasteiger partial charge in [-0.05, 0) is 49.6 Å². The molecule has 3 fully saturated rings. The van der Waals surface area contributed by atoms with E-state index in [2.05, 4.69) is 20.1 Å². The molecule has 3 aliphatic heterocycles. The lowest BCUT2D eigenvalue weighted by Gasteiger charge is -2.39. The van der Waals surface area contributed by atoms with Crippen molar-refractivity contribution in [1.29, 1.82) is 0 Å². The second-order valence-corrected chi connectivity index (χ2v) is 13.6. The van der Waals surface area contributed by atoms with Crippen LogP contribution in [0.1, 0.15) is 31.4 Å². The molecule has 1 spiro atoms. The third kappa shape index (κ3) is 4.70. The summed E-state index contributed by atoms with van der Waals surface area (Å²) >= 11 is 7.77. The van der Waals surface area contributed by atoms with Gasteiger partial charge < -0.3 is 19.8 Å². The number of aliphatic hydroxyl groups is 1. The van der Waals surface area contributed by atoms with Crippen molar-refractivity contribution < 1.29 is 19.5 Å². The summed E-state index contributed by atoms with van der Waals surface area (Å²) in [5, 5.41) is 11.3. The number of anilines is 1. The van der Waals surface area contributed by atoms with Crippen molar-refractivity contribution >= 4 is 46.8 Å². The largest absolute Gasteiger partial charge is 0.394 e. The van der Waals surface area contributed by atoms with Crippen LogP contribution in [-0.2, 0) is 14.4 Å². The lowest BCUT2D eigenvalue weighted by atomic mass is 9.66. The molecule has 2 aromatic carbocycles. The van der Waals surface area contributed by atoms with Crippen molar-refractivity contribution in [3.63, 3.8) is 0 Å². The van der Waals surface area contributed by atoms with Crippen molar-refractivity contribution in [2.24, 2.45) is 11.8 Å². The zero-order valence-electron chi connectivity index (χ0n) is 23.4. The average molecular weight is 594 g/mol. The number of carbonyl (C=O) groups excluding carboxylic acids is 3. The number of rotatable bonds is 10. The summed E-state index contributed by atoms with van der Waals surface area (Å²) in [6, 6.07) is 14.6. The van der Waals surface area contributed by atoms with E-state index >= 15 is 0 Å². The van der Waals surface area contributed by atoms with Crippen molar-refractivity contribution in [2.75, 3.05) is 31.6 Å². The summed E-state index contributed by atoms with van der Waals surface area (Å²) < 4.78 is -1.32. The van der Waals surface area contributed by atoms with Crippen LogP contribution < -0.4 is 4.90 Å². The van der Waals surface area contributed by atoms with Crippen molar-refractivity contribution in [2.45, 2.75) is 41.3 Å². The first-order valence-corrected chi connectivity index (χ1v) is 15.0. The number of likely N-dealkylation sites (N-methyl/N-ethyl adjacent to an activating group) is 1. The summed E-state index contributed by atoms with van der Waals surface area (Å²) in [5.74, 6) is -1.94. The molecule has 2 bridgehead atoms. The van der Waals surface area contributed by atoms with Crippen molar-refractivity contribution in [3.8, 4) is 0 Å². The predicted octanol–water partition coefficient (Wildman–Crippen LogP) is 4.72. The van der Waals surface area contributed by atoms with Crippen LogP contribution >= 0.6 is 23.4 Å². The van der Waals surface area contributed by atoms with Gasteiger partial charge in [-0.1, -0.05) is 54.1 Å². The number of hydrogen-bond donors (Lipinski definition) is 1. The number of hydrogen-bond acceptors (Lipinski definition) is 5. The van der Waals surface area contributed by atoms with Crippen LogP contribution in [0.2, 0.25) is 5.02 Å². The Balaban J connectivity index is 1.67. The number of thioether (sulfide) groups is 1. The molecule has 2 aromatic rings. The molecule has 2 unspecified atom stereocenters. The first-order chi connectivity index (χ1) is 19.6. The average Bonchev–Trinajstić information content (AvgIpc) is 3.54. The Hall–Kier alpha value is -3.07. The number of carbonyl (C=O) groups is 3. The van der Waals surface area contributed by atoms with Gasteiger partial charge in [0, 0.05) is 35.6 Å². The Morgan fingerprint density at radius 1 is 1.10 bits per heavy atom. The number of fused-ring (bicyclic) bond motifs is 1. The summed E-state index contributed by atoms with van der Waals surface area (Å²) in [7, 11) is 1.73. The number of likely N-dealkylation sites (tertiary alicyclic amines) is 1. The number of aliphatic hydroxyl groups excluding tert-OH is 1. The van der Waals surface area contributed by atoms with E-state index in [9.17, 15) is 19.5 Å². The topological polar surface area (TPSA) is 81.2 Å². The van der Waals surface area contributed by atoms with Crippen LogP contribution in [0.15, 0.2) is 79.9 Å². The maximum absolute atomic E-state index is 14.8. The van der Waals surface area contributed by atoms with Crippen LogP contribution in [-0.4, -0.2) is 74.9 Å². The maximum Gasteiger partial charge on any atom is 0.251 e. The van der Waals surface area contributed by atoms with Gasteiger partial charge in [0.2, 0.25) is 11.8 Å². The van der Waals surface area contributed by atoms with Gasteiger partial charge in [0.25, 0.3) is 5.91 Å². The highest BCUT2D eigenvalue weighted by atomic mass is 35.5. The minimum absolute atomic E-state index is 0.117. The predicted molar refractivity (Wildman–Crippen MR) is 164 cm³/mol. The molecule has 3 aliphatic rings. The summed E-state index contributed by atoms with van der Waals surface area (Å²) in [4.78, 5) is 48.2. The highest BCUT2D eigenvalue weighted by Gasteiger charge is 2.78. The Morgan fingerprint density at radius 3 is 2.37 bits per heavy atom. The molecule has 0 aliphatic carbocycles. The maximum atomic E-state index is 14.8. The quantitative estimate of drug-likeness (QED) is 0.403. The van der Waals surface area contributed by atoms with E-state index in [0.717, 1.165) is 5.56 Å². The number of halogens is 1. The van der Waals surface area contributed by atoms with Crippen LogP contribution in [0.5, 0.6) is 0 Å². The van der Waals surface area contributed by atoms with Gasteiger partial charge in [0.05, 0.1) is 29.2 Å². The number of benzene rings is 2. The monoisotopic (exact) mass is 593 g/mol. The fourth-order valence-corrected chi connectivity index (χ4v) is 9.58. The molecule has 9 heteroatoms. The van der Waals surface area contributed by atoms with E-state index in [1.807, 2.05) is 30.3 Å². The lowest BCUT2D eigenvalue weighted by molar-refractivity contribution is -0.146. The van der Waals surface area contributed by atoms with E-state index in [0.29, 0.717) is 30.1 Å². The van der Waals surface area contributed by atoms with Gasteiger partial charge in [-0.2, -0.15) is 0 Å². The van der Waals surface area contributed by atoms with Crippen molar-refractivity contribution in [3.05, 3.63) is 90.5 Å². The highest BCUT2D eigenvalue weighted by Crippen LogP contribution is 2.72. The molecule has 6 atom stereocenters. The third-order valence-electron chi connectivity index (χ3n) is 8.90. The first kappa shape index (κ1) is 29.4. The normalized spacial score (nSPS) is 28.7. The lowest BCUT2D eigenvalue weighted by Crippen LogP contribution is -2.56. The van der Waals surface area contributed by atoms with E-state index in [-0.39, 0.29) is 30.9 Å². The molecule has 5 rings (SSSR count). The Bertz CT molecular complexity index is 1350. The van der Waals surface area contributed by atoms with Crippen LogP contribution in [0.4, 0.5) is 5.69 Å². The Labute approximate surface area is 250 Å². The number of nitrogens with zero attached hydrogens (tertiary/aromatic N) is 3. The molecular weight excluding hydrogens is 558 g/mol. The molecule has 3 heterocycles. The van der Waals surface area contributed by atoms with E-state index in [4.69, 9.17) is 11.6 Å². The molecule has 0 aromatic heterocycles. The third-order valence-corrected chi connectivity index (χ3v) is 11.1. The van der Waals surface area contributed by atoms with Gasteiger partial charge >= 0.3 is 0 Å². The molecule has 41 heavy (non-hydrogen) atoms. The highest BCUT2D eigenvalue weighted by molar-refractivity contribution is 8.02. The summed E-state index contributed by atoms with van der Waals surface area (Å²) in [5.41, 5.74) is 1.37. The zero-order valence-corrected chi connectivity index (χ0v) is 25.0. The standard InChI is InChI=1S/C32H36ClN3O4S/c1-5-18-34(4)28(38)25-26-29(39)36(24(20-37)21-10-8-7-9-11-21)27(32(26)17-16-31(25,3)41-32)30(40)35(19-6-2)23-14-12-22(33)13-15-23/h5-15,24-27,37H,1-2,16-20H2,3-4H3/t24-,25-,26+,27?,31+,32?/m1/s1. The Kier molecular flexibility index (Phi) is 8.12. The van der Waals surface area contributed by atoms with E-state index < -0.39 is 33.4 Å². The van der Waals surface area contributed by atoms with Gasteiger partial charge in [-0.25, -0.2) is 0 Å². The van der Waals surface area contributed by atoms with Crippen molar-refractivity contribution in [1.82, 2.24) is 9.80 Å². The van der Waals surface area contributed by atoms with Gasteiger partial charge in [-0.15, -0.1) is 24.9 Å². The number of amides is 3. The second-order valence-electron chi connectivity index (χ2n) is 11.3. The molecular formula is C32H36ClN3O4S. The zero-order chi connectivity index (χ0) is 29.5. The Morgan fingerprint density at radius 2 is 1.76 bits per heavy atom. The molecule has 7 nitrogen and oxygen atoms in total. The first-order valence-electron chi connectivity index (χ1n) is 13.9. The molecule has 3 saturated heterocycles. The van der Waals surface area contributed by atoms with Crippen LogP contribution in [0, 0.1) is 11.8 Å². The van der Waals surface area contributed by atoms with E-state index in [1.165, 1.54) is 0 Å². The fraction of sp³-hybridized carbons (Fsp3) is 0.406. The smallest absolute Gasteiger partial charge is 0.251 e. The SMILES string of the molecule is C=CCN(C)C(=O)[C@H]1[C@H]2C(=O)N([C@H](CO)c3ccccc3)C(C(=O)N(CC=C)c3ccc(Cl)cc3)C23CC[C@]1(C)S3. The second kappa shape index (κ2) is 11.3. The van der Waals surface area contributed by atoms with Crippen LogP contribution in [0.25, 0.3) is 0 Å². The summed E-state index contributed by atoms with van der Waals surface area (Å²) in [6.07, 6.45) is 4.64. The fourth-order valence-electron chi connectivity index (χ4n) is 7.13. The van der Waals surface area contributed by atoms with Gasteiger partial charge in [0.15, 0.2) is 0 Å². The molecule has 3 amide bonds. The van der Waals surface area contributed by atoms with Crippen LogP contribution in [0.3, 0.4) is 0 Å². The minimum atomic E-state index is -0.901. The molecule has 1 N–H and O–H groups in total.